The van der Waals surface area contributed by atoms with Crippen LogP contribution in [-0.4, -0.2) is 55.9 Å². The molecule has 0 spiro atoms. The molecule has 4 atom stereocenters. The van der Waals surface area contributed by atoms with Gasteiger partial charge in [-0.15, -0.1) is 22.0 Å². The average molecular weight is 428 g/mol. The summed E-state index contributed by atoms with van der Waals surface area (Å²) in [6.07, 6.45) is 0.737. The maximum absolute atomic E-state index is 12.6. The van der Waals surface area contributed by atoms with Crippen molar-refractivity contribution in [3.05, 3.63) is 28.3 Å². The highest BCUT2D eigenvalue weighted by Crippen LogP contribution is 2.51. The molecular weight excluding hydrogens is 406 g/mol. The van der Waals surface area contributed by atoms with Crippen LogP contribution in [-0.2, 0) is 14.3 Å². The lowest BCUT2D eigenvalue weighted by Gasteiger charge is -2.46. The second-order valence-electron chi connectivity index (χ2n) is 6.35. The molecule has 2 aliphatic rings. The first-order valence-corrected chi connectivity index (χ1v) is 11.2. The summed E-state index contributed by atoms with van der Waals surface area (Å²) in [5.41, 5.74) is 0.301. The van der Waals surface area contributed by atoms with Gasteiger partial charge in [-0.05, 0) is 13.8 Å². The van der Waals surface area contributed by atoms with Crippen molar-refractivity contribution in [2.75, 3.05) is 11.7 Å². The molecule has 1 aromatic heterocycles. The van der Waals surface area contributed by atoms with Gasteiger partial charge in [0.25, 0.3) is 0 Å². The second-order valence-corrected chi connectivity index (χ2v) is 10.1. The monoisotopic (exact) mass is 427 g/mol. The fraction of sp³-hybridized carbons (Fsp3) is 0.529. The van der Waals surface area contributed by atoms with Crippen LogP contribution in [0.1, 0.15) is 18.9 Å². The van der Waals surface area contributed by atoms with Gasteiger partial charge in [0.1, 0.15) is 17.3 Å². The third-order valence-electron chi connectivity index (χ3n) is 4.54. The minimum Gasteiger partial charge on any atom is -0.457 e. The van der Waals surface area contributed by atoms with Crippen LogP contribution in [0, 0.1) is 18.8 Å². The first-order chi connectivity index (χ1) is 12.9. The molecule has 0 aromatic carbocycles. The Bertz CT molecular complexity index is 792. The number of ether oxygens (including phenoxy) is 1. The van der Waals surface area contributed by atoms with E-state index in [4.69, 9.17) is 4.74 Å². The number of aromatic nitrogens is 2. The van der Waals surface area contributed by atoms with Gasteiger partial charge in [0.2, 0.25) is 5.91 Å². The molecule has 1 saturated heterocycles. The van der Waals surface area contributed by atoms with Gasteiger partial charge in [0.15, 0.2) is 4.34 Å². The molecule has 1 amide bonds. The SMILES string of the molecule is C=CCOC(=O)C1=C(SCSc2nnc(C)s2)[C@H](C)[C@@H]2[C@@H]([C@@H](C)O)C(=O)N12. The summed E-state index contributed by atoms with van der Waals surface area (Å²) in [6, 6.07) is -0.208. The number of hydrogen-bond acceptors (Lipinski definition) is 9. The van der Waals surface area contributed by atoms with Crippen molar-refractivity contribution in [3.63, 3.8) is 0 Å². The van der Waals surface area contributed by atoms with E-state index in [1.54, 1.807) is 18.7 Å². The second kappa shape index (κ2) is 8.34. The minimum absolute atomic E-state index is 0.0460. The van der Waals surface area contributed by atoms with Gasteiger partial charge < -0.3 is 14.7 Å². The quantitative estimate of drug-likeness (QED) is 0.222. The third-order valence-corrected chi connectivity index (χ3v) is 7.92. The lowest BCUT2D eigenvalue weighted by atomic mass is 9.79. The molecule has 1 fully saturated rings. The molecule has 146 valence electrons. The number of nitrogens with zero attached hydrogens (tertiary/aromatic N) is 3. The van der Waals surface area contributed by atoms with Crippen LogP contribution in [0.15, 0.2) is 27.6 Å². The molecular formula is C17H21N3O4S3. The number of aliphatic hydroxyl groups is 1. The largest absolute Gasteiger partial charge is 0.457 e. The number of carbonyl (C=O) groups is 2. The number of carbonyl (C=O) groups excluding carboxylic acids is 2. The van der Waals surface area contributed by atoms with Crippen LogP contribution in [0.5, 0.6) is 0 Å². The number of β-lactam (4-membered cyclic amide) rings is 1. The highest BCUT2D eigenvalue weighted by atomic mass is 32.2. The van der Waals surface area contributed by atoms with E-state index in [2.05, 4.69) is 16.8 Å². The van der Waals surface area contributed by atoms with Crippen LogP contribution in [0.25, 0.3) is 0 Å². The van der Waals surface area contributed by atoms with Gasteiger partial charge in [-0.3, -0.25) is 4.79 Å². The van der Waals surface area contributed by atoms with Crippen LogP contribution >= 0.6 is 34.9 Å². The van der Waals surface area contributed by atoms with Crippen molar-refractivity contribution in [1.29, 1.82) is 0 Å². The summed E-state index contributed by atoms with van der Waals surface area (Å²) in [4.78, 5) is 27.4. The van der Waals surface area contributed by atoms with Crippen LogP contribution in [0.4, 0.5) is 0 Å². The summed E-state index contributed by atoms with van der Waals surface area (Å²) in [7, 11) is 0. The Balaban J connectivity index is 1.79. The van der Waals surface area contributed by atoms with Crippen LogP contribution in [0.2, 0.25) is 0 Å². The van der Waals surface area contributed by atoms with Gasteiger partial charge >= 0.3 is 5.97 Å². The number of amides is 1. The van der Waals surface area contributed by atoms with Gasteiger partial charge in [0, 0.05) is 10.8 Å². The first kappa shape index (κ1) is 20.4. The van der Waals surface area contributed by atoms with E-state index in [1.165, 1.54) is 34.1 Å². The standard InChI is InChI=1S/C17H21N3O4S3/c1-5-6-24-16(23)13-14(25-7-26-17-19-18-10(4)27-17)8(2)12-11(9(3)21)15(22)20(12)13/h5,8-9,11-12,21H,1,6-7H2,2-4H3/t8-,9-,11-,12-/m1/s1. The Morgan fingerprint density at radius 3 is 2.81 bits per heavy atom. The van der Waals surface area contributed by atoms with Crippen molar-refractivity contribution >= 4 is 46.7 Å². The number of aliphatic hydroxyl groups excluding tert-OH is 1. The van der Waals surface area contributed by atoms with E-state index in [9.17, 15) is 14.7 Å². The highest BCUT2D eigenvalue weighted by Gasteiger charge is 2.60. The molecule has 10 heteroatoms. The Morgan fingerprint density at radius 1 is 1.48 bits per heavy atom. The number of fused-ring (bicyclic) bond motifs is 1. The number of hydrogen-bond donors (Lipinski definition) is 1. The zero-order chi connectivity index (χ0) is 19.7. The van der Waals surface area contributed by atoms with E-state index in [1.807, 2.05) is 13.8 Å². The highest BCUT2D eigenvalue weighted by molar-refractivity contribution is 8.18. The van der Waals surface area contributed by atoms with E-state index < -0.39 is 18.0 Å². The molecule has 3 rings (SSSR count). The molecule has 0 saturated carbocycles. The molecule has 1 N–H and O–H groups in total. The molecule has 1 aromatic rings. The van der Waals surface area contributed by atoms with Gasteiger partial charge in [-0.25, -0.2) is 4.79 Å². The summed E-state index contributed by atoms with van der Waals surface area (Å²) >= 11 is 4.57. The van der Waals surface area contributed by atoms with Crippen LogP contribution < -0.4 is 0 Å². The van der Waals surface area contributed by atoms with Crippen LogP contribution in [0.3, 0.4) is 0 Å². The Labute approximate surface area is 170 Å². The van der Waals surface area contributed by atoms with Gasteiger partial charge in [-0.2, -0.15) is 0 Å². The fourth-order valence-electron chi connectivity index (χ4n) is 3.39. The van der Waals surface area contributed by atoms with Crippen molar-refractivity contribution in [2.24, 2.45) is 11.8 Å². The smallest absolute Gasteiger partial charge is 0.356 e. The van der Waals surface area contributed by atoms with Crippen molar-refractivity contribution < 1.29 is 19.4 Å². The molecule has 27 heavy (non-hydrogen) atoms. The zero-order valence-corrected chi connectivity index (χ0v) is 17.7. The summed E-state index contributed by atoms with van der Waals surface area (Å²) < 4.78 is 6.07. The summed E-state index contributed by atoms with van der Waals surface area (Å²) in [5.74, 6) is -1.29. The molecule has 3 heterocycles. The number of esters is 1. The lowest BCUT2D eigenvalue weighted by Crippen LogP contribution is -2.63. The third kappa shape index (κ3) is 3.80. The van der Waals surface area contributed by atoms with Crippen molar-refractivity contribution in [2.45, 2.75) is 37.3 Å². The Hall–Kier alpha value is -1.36. The molecule has 0 aliphatic carbocycles. The van der Waals surface area contributed by atoms with Gasteiger partial charge in [0.05, 0.1) is 23.1 Å². The Morgan fingerprint density at radius 2 is 2.22 bits per heavy atom. The summed E-state index contributed by atoms with van der Waals surface area (Å²) in [5, 5.41) is 19.6. The van der Waals surface area contributed by atoms with Crippen molar-refractivity contribution in [1.82, 2.24) is 15.1 Å². The molecule has 0 bridgehead atoms. The lowest BCUT2D eigenvalue weighted by molar-refractivity contribution is -0.164. The Kier molecular flexibility index (Phi) is 6.29. The predicted molar refractivity (Wildman–Crippen MR) is 106 cm³/mol. The molecule has 0 radical (unpaired) electrons. The fourth-order valence-corrected chi connectivity index (χ4v) is 6.80. The summed E-state index contributed by atoms with van der Waals surface area (Å²) in [6.45, 7) is 9.13. The molecule has 2 aliphatic heterocycles. The van der Waals surface area contributed by atoms with E-state index >= 15 is 0 Å². The maximum atomic E-state index is 12.6. The van der Waals surface area contributed by atoms with Gasteiger partial charge in [-0.1, -0.05) is 42.7 Å². The van der Waals surface area contributed by atoms with E-state index in [0.29, 0.717) is 10.8 Å². The average Bonchev–Trinajstić information content (AvgIpc) is 3.13. The predicted octanol–water partition coefficient (Wildman–Crippen LogP) is 2.43. The molecule has 7 nitrogen and oxygen atoms in total. The van der Waals surface area contributed by atoms with E-state index in [0.717, 1.165) is 14.3 Å². The maximum Gasteiger partial charge on any atom is 0.356 e. The number of thioether (sulfide) groups is 2. The normalized spacial score (nSPS) is 25.3. The first-order valence-electron chi connectivity index (χ1n) is 8.45. The molecule has 0 unspecified atom stereocenters. The number of rotatable bonds is 8. The topological polar surface area (TPSA) is 92.6 Å². The van der Waals surface area contributed by atoms with Crippen molar-refractivity contribution in [3.8, 4) is 0 Å². The number of aryl methyl sites for hydroxylation is 1. The minimum atomic E-state index is -0.755. The van der Waals surface area contributed by atoms with E-state index in [-0.39, 0.29) is 24.5 Å². The zero-order valence-electron chi connectivity index (χ0n) is 15.2.